The third-order valence-corrected chi connectivity index (χ3v) is 0.421. The van der Waals surface area contributed by atoms with Gasteiger partial charge in [-0.15, -0.1) is 0 Å². The molecule has 0 saturated heterocycles. The second-order valence-corrected chi connectivity index (χ2v) is 0.910. The van der Waals surface area contributed by atoms with Crippen molar-refractivity contribution in [2.24, 2.45) is 0 Å². The van der Waals surface area contributed by atoms with Crippen molar-refractivity contribution in [3.63, 3.8) is 0 Å². The van der Waals surface area contributed by atoms with Crippen molar-refractivity contribution < 1.29 is 19.0 Å². The summed E-state index contributed by atoms with van der Waals surface area (Å²) in [5.74, 6) is -0.789. The molecular weight excluding hydrogens is 103 g/mol. The van der Waals surface area contributed by atoms with Crippen LogP contribution in [0.3, 0.4) is 0 Å². The first-order chi connectivity index (χ1) is 3.29. The molecule has 1 aromatic rings. The van der Waals surface area contributed by atoms with Gasteiger partial charge in [0.15, 0.2) is 10.9 Å². The lowest BCUT2D eigenvalue weighted by Crippen LogP contribution is -2.21. The summed E-state index contributed by atoms with van der Waals surface area (Å²) >= 11 is 0. The van der Waals surface area contributed by atoms with E-state index >= 15 is 0 Å². The van der Waals surface area contributed by atoms with Crippen molar-refractivity contribution in [2.45, 2.75) is 0 Å². The molecule has 0 atom stereocenters. The van der Waals surface area contributed by atoms with Crippen LogP contribution < -0.4 is 10.0 Å². The standard InChI is InChI=1S/C2HFN2O2/c3-5-1-2(6)7-4-5/h1H. The Morgan fingerprint density at radius 2 is 2.71 bits per heavy atom. The quantitative estimate of drug-likeness (QED) is 0.414. The van der Waals surface area contributed by atoms with Crippen LogP contribution >= 0.6 is 0 Å². The Kier molecular flexibility index (Phi) is 0.680. The first kappa shape index (κ1) is 4.04. The first-order valence-corrected chi connectivity index (χ1v) is 1.51. The molecule has 4 nitrogen and oxygen atoms in total. The Labute approximate surface area is 37.7 Å². The van der Waals surface area contributed by atoms with Crippen LogP contribution in [-0.4, -0.2) is 5.27 Å². The predicted octanol–water partition coefficient (Wildman–Crippen LogP) is -1.23. The summed E-state index contributed by atoms with van der Waals surface area (Å²) in [6, 6.07) is 0. The number of halogens is 1. The van der Waals surface area contributed by atoms with Gasteiger partial charge in [0.05, 0.1) is 0 Å². The summed E-state index contributed by atoms with van der Waals surface area (Å²) in [7, 11) is 0. The Balaban J connectivity index is 3.04. The molecule has 0 saturated carbocycles. The van der Waals surface area contributed by atoms with Crippen molar-refractivity contribution in [3.05, 3.63) is 6.20 Å². The van der Waals surface area contributed by atoms with Crippen molar-refractivity contribution in [2.75, 3.05) is 0 Å². The molecule has 0 aliphatic rings. The van der Waals surface area contributed by atoms with Crippen LogP contribution in [0.4, 0.5) is 4.48 Å². The van der Waals surface area contributed by atoms with Gasteiger partial charge in [-0.25, -0.2) is 0 Å². The van der Waals surface area contributed by atoms with Crippen molar-refractivity contribution in [1.82, 2.24) is 5.27 Å². The fourth-order valence-corrected chi connectivity index (χ4v) is 0.213. The Bertz CT molecular complexity index is 146. The predicted molar refractivity (Wildman–Crippen MR) is 12.7 cm³/mol. The summed E-state index contributed by atoms with van der Waals surface area (Å²) in [5, 5.41) is 12.4. The van der Waals surface area contributed by atoms with E-state index in [1.807, 2.05) is 0 Å². The molecule has 0 aliphatic carbocycles. The van der Waals surface area contributed by atoms with Gasteiger partial charge in [0.25, 0.3) is 6.20 Å². The molecule has 0 N–H and O–H groups in total. The lowest BCUT2D eigenvalue weighted by molar-refractivity contribution is -0.897. The van der Waals surface area contributed by atoms with E-state index in [9.17, 15) is 9.59 Å². The number of rotatable bonds is 0. The van der Waals surface area contributed by atoms with Crippen LogP contribution in [0.1, 0.15) is 0 Å². The average Bonchev–Trinajstić information content (AvgIpc) is 1.87. The summed E-state index contributed by atoms with van der Waals surface area (Å²) in [5.41, 5.74) is 0. The molecule has 0 fully saturated rings. The number of aromatic nitrogens is 2. The molecule has 0 spiro atoms. The highest BCUT2D eigenvalue weighted by Gasteiger charge is 1.96. The number of nitrogens with zero attached hydrogens (tertiary/aromatic N) is 2. The van der Waals surface area contributed by atoms with E-state index in [1.165, 1.54) is 0 Å². The van der Waals surface area contributed by atoms with Crippen LogP contribution in [0.5, 0.6) is 5.95 Å². The van der Waals surface area contributed by atoms with Gasteiger partial charge >= 0.3 is 0 Å². The van der Waals surface area contributed by atoms with Gasteiger partial charge in [0.2, 0.25) is 0 Å². The highest BCUT2D eigenvalue weighted by molar-refractivity contribution is 4.79. The normalized spacial score (nSPS) is 9.29. The monoisotopic (exact) mass is 104 g/mol. The minimum Gasteiger partial charge on any atom is -0.539 e. The van der Waals surface area contributed by atoms with Gasteiger partial charge in [-0.1, -0.05) is 0 Å². The van der Waals surface area contributed by atoms with E-state index in [0.29, 0.717) is 6.20 Å². The molecule has 1 aromatic heterocycles. The van der Waals surface area contributed by atoms with Crippen LogP contribution in [0.2, 0.25) is 0 Å². The lowest BCUT2D eigenvalue weighted by atomic mass is 10.9. The summed E-state index contributed by atoms with van der Waals surface area (Å²) in [6.45, 7) is 0. The second-order valence-electron chi connectivity index (χ2n) is 0.910. The fraction of sp³-hybridized carbons (Fsp3) is 0. The Morgan fingerprint density at radius 3 is 2.86 bits per heavy atom. The molecule has 1 heterocycles. The van der Waals surface area contributed by atoms with Gasteiger partial charge in [-0.05, 0) is 0 Å². The molecule has 5 heteroatoms. The highest BCUT2D eigenvalue weighted by Crippen LogP contribution is 1.90. The average molecular weight is 104 g/mol. The smallest absolute Gasteiger partial charge is 0.275 e. The molecule has 0 bridgehead atoms. The molecule has 0 aliphatic heterocycles. The van der Waals surface area contributed by atoms with E-state index < -0.39 is 5.95 Å². The zero-order valence-corrected chi connectivity index (χ0v) is 3.17. The van der Waals surface area contributed by atoms with E-state index in [1.54, 1.807) is 0 Å². The molecule has 0 amide bonds. The summed E-state index contributed by atoms with van der Waals surface area (Å²) in [4.78, 5) is -0.192. The van der Waals surface area contributed by atoms with Gasteiger partial charge in [-0.3, -0.25) is 0 Å². The number of hydrogen-bond acceptors (Lipinski definition) is 3. The van der Waals surface area contributed by atoms with Crippen LogP contribution in [0.25, 0.3) is 0 Å². The van der Waals surface area contributed by atoms with Crippen LogP contribution in [0, 0.1) is 0 Å². The molecular formula is C2HFN2O2. The van der Waals surface area contributed by atoms with Gasteiger partial charge in [-0.2, -0.15) is 0 Å². The molecule has 38 valence electrons. The molecule has 0 unspecified atom stereocenters. The Hall–Kier alpha value is -1.13. The molecule has 1 rings (SSSR count). The zero-order chi connectivity index (χ0) is 5.28. The Morgan fingerprint density at radius 1 is 2.00 bits per heavy atom. The third kappa shape index (κ3) is 0.648. The molecule has 0 aromatic carbocycles. The second kappa shape index (κ2) is 1.18. The first-order valence-electron chi connectivity index (χ1n) is 1.51. The summed E-state index contributed by atoms with van der Waals surface area (Å²) in [6.07, 6.45) is 0.583. The largest absolute Gasteiger partial charge is 0.539 e. The van der Waals surface area contributed by atoms with Gasteiger partial charge in [0, 0.05) is 0 Å². The maximum Gasteiger partial charge on any atom is 0.275 e. The minimum atomic E-state index is -0.789. The summed E-state index contributed by atoms with van der Waals surface area (Å²) < 4.78 is 15.2. The van der Waals surface area contributed by atoms with Crippen LogP contribution in [0.15, 0.2) is 10.7 Å². The maximum absolute atomic E-state index is 11.4. The van der Waals surface area contributed by atoms with E-state index in [0.717, 1.165) is 0 Å². The zero-order valence-electron chi connectivity index (χ0n) is 3.17. The highest BCUT2D eigenvalue weighted by atomic mass is 19.2. The van der Waals surface area contributed by atoms with Gasteiger partial charge in [0.1, 0.15) is 9.75 Å². The van der Waals surface area contributed by atoms with Gasteiger partial charge < -0.3 is 9.63 Å². The van der Waals surface area contributed by atoms with E-state index in [2.05, 4.69) is 9.79 Å². The lowest BCUT2D eigenvalue weighted by Gasteiger charge is -1.73. The van der Waals surface area contributed by atoms with Crippen molar-refractivity contribution in [1.29, 1.82) is 0 Å². The molecule has 0 radical (unpaired) electrons. The van der Waals surface area contributed by atoms with Crippen LogP contribution in [-0.2, 0) is 0 Å². The third-order valence-electron chi connectivity index (χ3n) is 0.421. The maximum atomic E-state index is 11.4. The SMILES string of the molecule is [O-]c1c[n+](F)no1. The fourth-order valence-electron chi connectivity index (χ4n) is 0.213. The van der Waals surface area contributed by atoms with E-state index in [-0.39, 0.29) is 4.90 Å². The molecule has 7 heavy (non-hydrogen) atoms. The van der Waals surface area contributed by atoms with Crippen molar-refractivity contribution in [3.8, 4) is 5.95 Å². The van der Waals surface area contributed by atoms with E-state index in [4.69, 9.17) is 0 Å². The van der Waals surface area contributed by atoms with Crippen molar-refractivity contribution >= 4 is 0 Å². The topological polar surface area (TPSA) is 53.0 Å². The number of hydrogen-bond donors (Lipinski definition) is 0. The minimum absolute atomic E-state index is 0.192.